The van der Waals surface area contributed by atoms with Crippen LogP contribution >= 0.6 is 23.4 Å². The first-order chi connectivity index (χ1) is 11.2. The highest BCUT2D eigenvalue weighted by atomic mass is 35.5. The van der Waals surface area contributed by atoms with Gasteiger partial charge in [-0.1, -0.05) is 41.9 Å². The molecule has 0 aliphatic rings. The van der Waals surface area contributed by atoms with Crippen molar-refractivity contribution in [3.05, 3.63) is 71.5 Å². The first kappa shape index (κ1) is 15.8. The number of carbonyl (C=O) groups excluding carboxylic acids is 1. The minimum Gasteiger partial charge on any atom is -0.459 e. The average molecular weight is 344 g/mol. The third-order valence-corrected chi connectivity index (χ3v) is 4.61. The maximum absolute atomic E-state index is 11.9. The number of ether oxygens (including phenoxy) is 1. The van der Waals surface area contributed by atoms with Crippen LogP contribution in [0.4, 0.5) is 0 Å². The minimum absolute atomic E-state index is 0.191. The quantitative estimate of drug-likeness (QED) is 0.496. The maximum Gasteiger partial charge on any atom is 0.316 e. The molecule has 0 fully saturated rings. The Bertz CT molecular complexity index is 818. The topological polar surface area (TPSA) is 39.2 Å². The Labute approximate surface area is 143 Å². The van der Waals surface area contributed by atoms with E-state index < -0.39 is 0 Å². The van der Waals surface area contributed by atoms with Crippen molar-refractivity contribution in [2.24, 2.45) is 0 Å². The van der Waals surface area contributed by atoms with Gasteiger partial charge in [-0.15, -0.1) is 11.8 Å². The molecule has 0 unspecified atom stereocenters. The molecule has 0 aliphatic carbocycles. The molecule has 0 bridgehead atoms. The van der Waals surface area contributed by atoms with E-state index in [-0.39, 0.29) is 18.3 Å². The number of thioether (sulfide) groups is 1. The van der Waals surface area contributed by atoms with Gasteiger partial charge in [0.2, 0.25) is 0 Å². The van der Waals surface area contributed by atoms with Crippen molar-refractivity contribution in [2.75, 3.05) is 5.75 Å². The largest absolute Gasteiger partial charge is 0.459 e. The summed E-state index contributed by atoms with van der Waals surface area (Å²) in [6.45, 7) is 0.191. The fourth-order valence-corrected chi connectivity index (χ4v) is 3.44. The summed E-state index contributed by atoms with van der Waals surface area (Å²) >= 11 is 7.71. The lowest BCUT2D eigenvalue weighted by atomic mass is 10.1. The molecule has 0 amide bonds. The number of esters is 1. The molecule has 23 heavy (non-hydrogen) atoms. The zero-order valence-corrected chi connectivity index (χ0v) is 13.8. The monoisotopic (exact) mass is 343 g/mol. The van der Waals surface area contributed by atoms with Crippen LogP contribution in [-0.4, -0.2) is 16.7 Å². The van der Waals surface area contributed by atoms with E-state index in [4.69, 9.17) is 16.3 Å². The van der Waals surface area contributed by atoms with Crippen LogP contribution in [0, 0.1) is 0 Å². The number of nitrogens with zero attached hydrogens (tertiary/aromatic N) is 1. The van der Waals surface area contributed by atoms with Gasteiger partial charge < -0.3 is 4.74 Å². The lowest BCUT2D eigenvalue weighted by Gasteiger charge is -2.08. The smallest absolute Gasteiger partial charge is 0.316 e. The Kier molecular flexibility index (Phi) is 5.16. The first-order valence-electron chi connectivity index (χ1n) is 7.09. The van der Waals surface area contributed by atoms with Gasteiger partial charge >= 0.3 is 5.97 Å². The molecular formula is C18H14ClNO2S. The van der Waals surface area contributed by atoms with E-state index in [2.05, 4.69) is 4.98 Å². The summed E-state index contributed by atoms with van der Waals surface area (Å²) in [6.07, 6.45) is 1.68. The molecule has 0 spiro atoms. The molecule has 0 atom stereocenters. The van der Waals surface area contributed by atoms with Crippen LogP contribution in [0.2, 0.25) is 5.02 Å². The number of halogens is 1. The number of fused-ring (bicyclic) bond motifs is 1. The van der Waals surface area contributed by atoms with Gasteiger partial charge in [0.15, 0.2) is 0 Å². The Balaban J connectivity index is 1.63. The molecule has 0 N–H and O–H groups in total. The lowest BCUT2D eigenvalue weighted by molar-refractivity contribution is -0.141. The molecule has 5 heteroatoms. The molecule has 3 nitrogen and oxygen atoms in total. The van der Waals surface area contributed by atoms with E-state index >= 15 is 0 Å². The van der Waals surface area contributed by atoms with Gasteiger partial charge in [-0.05, 0) is 29.7 Å². The standard InChI is InChI=1S/C18H14ClNO2S/c19-15-8-3-5-13-6-4-9-16(18(13)15)23-12-17(21)22-11-14-7-1-2-10-20-14/h1-10H,11-12H2. The van der Waals surface area contributed by atoms with Gasteiger partial charge in [0.1, 0.15) is 6.61 Å². The van der Waals surface area contributed by atoms with E-state index in [1.165, 1.54) is 11.8 Å². The number of carbonyl (C=O) groups is 1. The molecule has 0 aliphatic heterocycles. The predicted molar refractivity (Wildman–Crippen MR) is 93.7 cm³/mol. The summed E-state index contributed by atoms with van der Waals surface area (Å²) in [7, 11) is 0. The number of hydrogen-bond acceptors (Lipinski definition) is 4. The van der Waals surface area contributed by atoms with Crippen molar-refractivity contribution >= 4 is 40.1 Å². The summed E-state index contributed by atoms with van der Waals surface area (Å²) in [6, 6.07) is 17.2. The van der Waals surface area contributed by atoms with Crippen molar-refractivity contribution in [3.63, 3.8) is 0 Å². The van der Waals surface area contributed by atoms with Gasteiger partial charge in [0, 0.05) is 21.5 Å². The van der Waals surface area contributed by atoms with E-state index in [1.807, 2.05) is 54.6 Å². The van der Waals surface area contributed by atoms with Crippen LogP contribution < -0.4 is 0 Å². The number of aromatic nitrogens is 1. The number of rotatable bonds is 5. The van der Waals surface area contributed by atoms with E-state index in [1.54, 1.807) is 6.20 Å². The van der Waals surface area contributed by atoms with Crippen molar-refractivity contribution in [3.8, 4) is 0 Å². The van der Waals surface area contributed by atoms with Crippen LogP contribution in [0.5, 0.6) is 0 Å². The molecule has 3 rings (SSSR count). The molecule has 3 aromatic rings. The van der Waals surface area contributed by atoms with Crippen molar-refractivity contribution in [1.29, 1.82) is 0 Å². The summed E-state index contributed by atoms with van der Waals surface area (Å²) in [5.41, 5.74) is 0.735. The number of benzene rings is 2. The molecule has 1 heterocycles. The summed E-state index contributed by atoms with van der Waals surface area (Å²) in [5, 5.41) is 2.72. The molecule has 1 aromatic heterocycles. The van der Waals surface area contributed by atoms with Crippen LogP contribution in [0.3, 0.4) is 0 Å². The Morgan fingerprint density at radius 1 is 1.09 bits per heavy atom. The minimum atomic E-state index is -0.273. The summed E-state index contributed by atoms with van der Waals surface area (Å²) in [4.78, 5) is 17.0. The molecule has 0 saturated heterocycles. The molecular weight excluding hydrogens is 330 g/mol. The van der Waals surface area contributed by atoms with E-state index in [9.17, 15) is 4.79 Å². The van der Waals surface area contributed by atoms with E-state index in [0.29, 0.717) is 5.02 Å². The Morgan fingerprint density at radius 2 is 1.91 bits per heavy atom. The van der Waals surface area contributed by atoms with Crippen LogP contribution in [-0.2, 0) is 16.1 Å². The third kappa shape index (κ3) is 4.03. The highest BCUT2D eigenvalue weighted by molar-refractivity contribution is 8.00. The fourth-order valence-electron chi connectivity index (χ4n) is 2.20. The van der Waals surface area contributed by atoms with Gasteiger partial charge in [0.05, 0.1) is 11.4 Å². The normalized spacial score (nSPS) is 10.7. The maximum atomic E-state index is 11.9. The SMILES string of the molecule is O=C(CSc1cccc2cccc(Cl)c12)OCc1ccccn1. The first-order valence-corrected chi connectivity index (χ1v) is 8.46. The second-order valence-electron chi connectivity index (χ2n) is 4.86. The number of pyridine rings is 1. The van der Waals surface area contributed by atoms with Crippen LogP contribution in [0.1, 0.15) is 5.69 Å². The summed E-state index contributed by atoms with van der Waals surface area (Å²) < 4.78 is 5.24. The molecule has 116 valence electrons. The zero-order valence-electron chi connectivity index (χ0n) is 12.2. The second-order valence-corrected chi connectivity index (χ2v) is 6.29. The Hall–Kier alpha value is -2.04. The fraction of sp³-hybridized carbons (Fsp3) is 0.111. The average Bonchev–Trinajstić information content (AvgIpc) is 2.59. The van der Waals surface area contributed by atoms with Crippen molar-refractivity contribution in [2.45, 2.75) is 11.5 Å². The van der Waals surface area contributed by atoms with Gasteiger partial charge in [-0.3, -0.25) is 9.78 Å². The highest BCUT2D eigenvalue weighted by Crippen LogP contribution is 2.33. The van der Waals surface area contributed by atoms with E-state index in [0.717, 1.165) is 21.4 Å². The lowest BCUT2D eigenvalue weighted by Crippen LogP contribution is -2.07. The highest BCUT2D eigenvalue weighted by Gasteiger charge is 2.09. The molecule has 0 radical (unpaired) electrons. The second kappa shape index (κ2) is 7.49. The zero-order chi connectivity index (χ0) is 16.1. The van der Waals surface area contributed by atoms with Gasteiger partial charge in [0.25, 0.3) is 0 Å². The van der Waals surface area contributed by atoms with Crippen molar-refractivity contribution < 1.29 is 9.53 Å². The van der Waals surface area contributed by atoms with Crippen molar-refractivity contribution in [1.82, 2.24) is 4.98 Å². The summed E-state index contributed by atoms with van der Waals surface area (Å²) in [5.74, 6) is -0.0401. The van der Waals surface area contributed by atoms with Gasteiger partial charge in [-0.25, -0.2) is 0 Å². The van der Waals surface area contributed by atoms with Crippen LogP contribution in [0.25, 0.3) is 10.8 Å². The molecule has 0 saturated carbocycles. The van der Waals surface area contributed by atoms with Gasteiger partial charge in [-0.2, -0.15) is 0 Å². The molecule has 2 aromatic carbocycles. The number of hydrogen-bond donors (Lipinski definition) is 0. The Morgan fingerprint density at radius 3 is 2.70 bits per heavy atom. The third-order valence-electron chi connectivity index (χ3n) is 3.27. The van der Waals surface area contributed by atoms with Crippen LogP contribution in [0.15, 0.2) is 65.7 Å². The predicted octanol–water partition coefficient (Wildman–Crippen LogP) is 4.72.